The Kier molecular flexibility index (Phi) is 51.4. The van der Waals surface area contributed by atoms with E-state index in [9.17, 15) is 0 Å². The molecule has 0 heterocycles. The summed E-state index contributed by atoms with van der Waals surface area (Å²) in [5, 5.41) is -8.79. The van der Waals surface area contributed by atoms with Crippen LogP contribution >= 0.6 is 303 Å². The molecule has 0 radical (unpaired) electrons. The van der Waals surface area contributed by atoms with Gasteiger partial charge in [-0.2, -0.15) is 303 Å². The highest BCUT2D eigenvalue weighted by molar-refractivity contribution is 8.08. The van der Waals surface area contributed by atoms with Crippen molar-refractivity contribution in [3.63, 3.8) is 0 Å². The number of hydrogen-bond donors (Lipinski definition) is 24. The molecule has 0 spiro atoms. The highest BCUT2D eigenvalue weighted by Crippen LogP contribution is 2.94. The van der Waals surface area contributed by atoms with Gasteiger partial charge in [0.2, 0.25) is 0 Å². The summed E-state index contributed by atoms with van der Waals surface area (Å²) in [5.41, 5.74) is -8.82. The molecular weight excluding hydrogens is 2020 g/mol. The molecule has 0 aromatic heterocycles. The van der Waals surface area contributed by atoms with Crippen LogP contribution in [0, 0.1) is 16.2 Å². The fourth-order valence-electron chi connectivity index (χ4n) is 18.3. The summed E-state index contributed by atoms with van der Waals surface area (Å²) in [6, 6.07) is 0. The lowest BCUT2D eigenvalue weighted by Gasteiger charge is -2.90. The first kappa shape index (κ1) is 121. The summed E-state index contributed by atoms with van der Waals surface area (Å²) in [6.07, 6.45) is -0.877. The maximum Gasteiger partial charge on any atom is 0.529 e. The molecule has 1 fully saturated rings. The number of rotatable bonds is 60. The smallest absolute Gasteiger partial charge is 0.372 e. The topological polar surface area (TPSA) is 166 Å². The van der Waals surface area contributed by atoms with E-state index in [1.165, 1.54) is 0 Å². The fourth-order valence-corrected chi connectivity index (χ4v) is 57.2. The van der Waals surface area contributed by atoms with Crippen molar-refractivity contribution in [1.82, 2.24) is 0 Å². The first-order valence-electron chi connectivity index (χ1n) is 39.1. The molecular formula is C66H144O18S24Si6. The summed E-state index contributed by atoms with van der Waals surface area (Å²) in [7, 11) is -30.9. The summed E-state index contributed by atoms with van der Waals surface area (Å²) >= 11 is 155. The SMILES string of the molecule is CCO[Si](OCC)(OCC)C(S)(S)C(S)(C(C)S)C1(C(S)(C(C)S)C(S)(S)[Si](OCC)(OCC)OCC)CCCC(C(S)(C(C)S)C(S)(S)[Si](OCC)(OCC)OCC)(C(S)(C(C)S)C(S)(S)[Si](OCC)(OCC)OCC)C1(C(S)(C(C)S)C(S)(S)[Si](OCC)(OCC)OCC)C(S)(C(C)S)C(S)(S)[Si](OCC)(OCC)OCC. The molecule has 1 aliphatic carbocycles. The minimum atomic E-state index is -5.25. The molecule has 1 saturated carbocycles. The van der Waals surface area contributed by atoms with Crippen molar-refractivity contribution >= 4 is 356 Å². The maximum absolute atomic E-state index is 7.53. The van der Waals surface area contributed by atoms with E-state index in [4.69, 9.17) is 383 Å². The van der Waals surface area contributed by atoms with Gasteiger partial charge in [0.25, 0.3) is 0 Å². The molecule has 0 bridgehead atoms. The van der Waals surface area contributed by atoms with E-state index in [1.54, 1.807) is 125 Å². The van der Waals surface area contributed by atoms with Crippen LogP contribution in [0.15, 0.2) is 0 Å². The van der Waals surface area contributed by atoms with Gasteiger partial charge >= 0.3 is 52.8 Å². The molecule has 0 aromatic carbocycles. The largest absolute Gasteiger partial charge is 0.529 e. The molecule has 114 heavy (non-hydrogen) atoms. The van der Waals surface area contributed by atoms with Crippen LogP contribution in [-0.2, 0) is 79.7 Å². The molecule has 1 aliphatic rings. The van der Waals surface area contributed by atoms with Crippen LogP contribution in [0.2, 0.25) is 0 Å². The van der Waals surface area contributed by atoms with Gasteiger partial charge in [-0.1, -0.05) is 48.0 Å². The number of hydrogen-bond acceptors (Lipinski definition) is 42. The van der Waals surface area contributed by atoms with E-state index < -0.39 is 151 Å². The lowest BCUT2D eigenvalue weighted by molar-refractivity contribution is -0.240. The van der Waals surface area contributed by atoms with Crippen molar-refractivity contribution in [3.8, 4) is 0 Å². The monoisotopic (exact) mass is 2160 g/mol. The van der Waals surface area contributed by atoms with Crippen LogP contribution in [0.25, 0.3) is 0 Å². The van der Waals surface area contributed by atoms with Crippen LogP contribution < -0.4 is 0 Å². The van der Waals surface area contributed by atoms with Gasteiger partial charge in [-0.25, -0.2) is 0 Å². The van der Waals surface area contributed by atoms with Gasteiger partial charge in [-0.3, -0.25) is 0 Å². The average molecular weight is 2160 g/mol. The van der Waals surface area contributed by atoms with Gasteiger partial charge in [-0.15, -0.1) is 0 Å². The highest BCUT2D eigenvalue weighted by atomic mass is 32.2. The van der Waals surface area contributed by atoms with Crippen molar-refractivity contribution in [2.24, 2.45) is 16.2 Å². The Morgan fingerprint density at radius 2 is 0.298 bits per heavy atom. The first-order chi connectivity index (χ1) is 52.5. The predicted octanol–water partition coefficient (Wildman–Crippen LogP) is 16.9. The molecule has 0 amide bonds. The van der Waals surface area contributed by atoms with Crippen LogP contribution in [0.3, 0.4) is 0 Å². The second-order valence-corrected chi connectivity index (χ2v) is 67.7. The standard InChI is InChI=1S/C66H144O18S24Si6/c1-25-67-109(68-26-2,69-27-3)61(97,98)54(91,46(19)85)52(55(92,47(20)86)62(99,100)110(70-28-4,71-29-5)72-30-6)44-43-45-53(56(93,48(21)87)63(101,102)111(73-31-7,74-32-8)75-33-9,57(94,49(22)88)64(103,104)112(76-34-10,77-35-11)78-36-12)60(52,58(95,50(23)89)65(105,106)113(79-37-13,80-38-14)81-39-15)59(96,51(24)90)66(107,108)114(82-40-16,83-41-17)84-42-18/h46-51,85-108H,25-45H2,1-24H3. The molecule has 0 aliphatic heterocycles. The molecule has 12 unspecified atom stereocenters. The van der Waals surface area contributed by atoms with Gasteiger partial charge in [0.15, 0.2) is 0 Å². The molecule has 0 saturated heterocycles. The Morgan fingerprint density at radius 3 is 0.386 bits per heavy atom. The highest BCUT2D eigenvalue weighted by Gasteiger charge is 3.03. The third-order valence-electron chi connectivity index (χ3n) is 21.5. The summed E-state index contributed by atoms with van der Waals surface area (Å²) in [6.45, 7) is 41.7. The van der Waals surface area contributed by atoms with E-state index in [2.05, 4.69) is 0 Å². The zero-order valence-corrected chi connectivity index (χ0v) is 98.4. The third kappa shape index (κ3) is 18.7. The Hall–Kier alpha value is 8.98. The zero-order valence-electron chi connectivity index (χ0n) is 70.9. The summed E-state index contributed by atoms with van der Waals surface area (Å²) in [5.74, 6) is 0. The van der Waals surface area contributed by atoms with Crippen molar-refractivity contribution in [3.05, 3.63) is 0 Å². The molecule has 18 nitrogen and oxygen atoms in total. The van der Waals surface area contributed by atoms with E-state index in [-0.39, 0.29) is 138 Å². The van der Waals surface area contributed by atoms with Crippen molar-refractivity contribution < 1.29 is 79.7 Å². The molecule has 0 N–H and O–H groups in total. The third-order valence-corrected chi connectivity index (χ3v) is 68.6. The van der Waals surface area contributed by atoms with Crippen LogP contribution in [0.1, 0.15) is 185 Å². The number of thiol groups is 24. The van der Waals surface area contributed by atoms with Gasteiger partial charge < -0.3 is 79.7 Å². The van der Waals surface area contributed by atoms with Gasteiger partial charge in [0.05, 0.1) is 28.5 Å². The van der Waals surface area contributed by atoms with E-state index in [0.29, 0.717) is 0 Å². The Morgan fingerprint density at radius 1 is 0.202 bits per heavy atom. The molecule has 0 aromatic rings. The van der Waals surface area contributed by atoms with Crippen molar-refractivity contribution in [2.45, 2.75) is 268 Å². The van der Waals surface area contributed by atoms with Gasteiger partial charge in [0.1, 0.15) is 22.2 Å². The first-order valence-corrected chi connectivity index (χ1v) is 60.6. The van der Waals surface area contributed by atoms with E-state index in [0.717, 1.165) is 0 Å². The van der Waals surface area contributed by atoms with E-state index >= 15 is 0 Å². The lowest BCUT2D eigenvalue weighted by Crippen LogP contribution is -3.01. The van der Waals surface area contributed by atoms with Crippen molar-refractivity contribution in [2.75, 3.05) is 119 Å². The van der Waals surface area contributed by atoms with Gasteiger partial charge in [0, 0.05) is 167 Å². The normalized spacial score (nSPS) is 23.7. The van der Waals surface area contributed by atoms with Crippen LogP contribution in [0.4, 0.5) is 0 Å². The maximum atomic E-state index is 7.53. The molecule has 1 rings (SSSR count). The van der Waals surface area contributed by atoms with E-state index in [1.807, 2.05) is 41.5 Å². The zero-order chi connectivity index (χ0) is 89.5. The Balaban J connectivity index is 8.53. The fraction of sp³-hybridized carbons (Fsp3) is 1.00. The summed E-state index contributed by atoms with van der Waals surface area (Å²) < 4.78 is 103. The minimum Gasteiger partial charge on any atom is -0.372 e. The summed E-state index contributed by atoms with van der Waals surface area (Å²) in [4.78, 5) is 0. The minimum absolute atomic E-state index is 0.0813. The quantitative estimate of drug-likeness (QED) is 0.0158. The average Bonchev–Trinajstić information content (AvgIpc) is 0.596. The molecule has 12 atom stereocenters. The Labute approximate surface area is 828 Å². The Bertz CT molecular complexity index is 2480. The van der Waals surface area contributed by atoms with Crippen molar-refractivity contribution in [1.29, 1.82) is 0 Å². The second-order valence-electron chi connectivity index (χ2n) is 27.2. The lowest BCUT2D eigenvalue weighted by atomic mass is 9.27. The van der Waals surface area contributed by atoms with Crippen LogP contribution in [-0.4, -0.2) is 254 Å². The molecule has 684 valence electrons. The van der Waals surface area contributed by atoms with Crippen LogP contribution in [0.5, 0.6) is 0 Å². The van der Waals surface area contributed by atoms with Gasteiger partial charge in [-0.05, 0) is 137 Å². The second kappa shape index (κ2) is 48.4. The predicted molar refractivity (Wildman–Crippen MR) is 570 cm³/mol. The molecule has 48 heteroatoms.